The molecule has 1 heterocycles. The van der Waals surface area contributed by atoms with Crippen LogP contribution in [0.1, 0.15) is 45.1 Å². The predicted octanol–water partition coefficient (Wildman–Crippen LogP) is 3.56. The van der Waals surface area contributed by atoms with Crippen LogP contribution < -0.4 is 5.32 Å². The van der Waals surface area contributed by atoms with Crippen molar-refractivity contribution >= 4 is 0 Å². The van der Waals surface area contributed by atoms with Crippen molar-refractivity contribution < 1.29 is 4.74 Å². The Bertz CT molecular complexity index is 355. The summed E-state index contributed by atoms with van der Waals surface area (Å²) in [5, 5.41) is 3.67. The van der Waals surface area contributed by atoms with Gasteiger partial charge in [0.15, 0.2) is 0 Å². The summed E-state index contributed by atoms with van der Waals surface area (Å²) in [5.41, 5.74) is 1.60. The molecule has 2 rings (SSSR count). The summed E-state index contributed by atoms with van der Waals surface area (Å²) in [4.78, 5) is 0. The first-order valence-corrected chi connectivity index (χ1v) is 7.56. The van der Waals surface area contributed by atoms with Crippen molar-refractivity contribution in [1.29, 1.82) is 0 Å². The van der Waals surface area contributed by atoms with Gasteiger partial charge in [0.2, 0.25) is 0 Å². The molecule has 106 valence electrons. The first-order chi connectivity index (χ1) is 9.16. The zero-order valence-corrected chi connectivity index (χ0v) is 12.3. The maximum Gasteiger partial charge on any atom is 0.0699 e. The fourth-order valence-corrected chi connectivity index (χ4v) is 2.55. The van der Waals surface area contributed by atoms with Crippen molar-refractivity contribution in [3.05, 3.63) is 35.9 Å². The summed E-state index contributed by atoms with van der Waals surface area (Å²) in [6, 6.07) is 10.7. The monoisotopic (exact) mass is 261 g/mol. The number of ether oxygens (including phenoxy) is 1. The van der Waals surface area contributed by atoms with Crippen molar-refractivity contribution in [2.24, 2.45) is 0 Å². The summed E-state index contributed by atoms with van der Waals surface area (Å²) in [6.07, 6.45) is 6.47. The lowest BCUT2D eigenvalue weighted by Gasteiger charge is -2.30. The number of nitrogens with one attached hydrogen (secondary N) is 1. The topological polar surface area (TPSA) is 21.3 Å². The Labute approximate surface area is 117 Å². The van der Waals surface area contributed by atoms with Crippen molar-refractivity contribution in [3.8, 4) is 0 Å². The van der Waals surface area contributed by atoms with Crippen LogP contribution in [0.2, 0.25) is 0 Å². The lowest BCUT2D eigenvalue weighted by Crippen LogP contribution is -2.45. The van der Waals surface area contributed by atoms with Gasteiger partial charge in [0.05, 0.1) is 6.10 Å². The number of hydrogen-bond acceptors (Lipinski definition) is 2. The Balaban J connectivity index is 1.71. The highest BCUT2D eigenvalue weighted by Gasteiger charge is 2.20. The lowest BCUT2D eigenvalue weighted by atomic mass is 9.94. The smallest absolute Gasteiger partial charge is 0.0699 e. The van der Waals surface area contributed by atoms with E-state index in [0.717, 1.165) is 26.0 Å². The average Bonchev–Trinajstić information content (AvgIpc) is 2.46. The molecule has 1 unspecified atom stereocenters. The minimum Gasteiger partial charge on any atom is -0.377 e. The number of benzene rings is 1. The van der Waals surface area contributed by atoms with Gasteiger partial charge < -0.3 is 10.1 Å². The zero-order chi connectivity index (χ0) is 13.6. The van der Waals surface area contributed by atoms with E-state index in [1.165, 1.54) is 24.8 Å². The van der Waals surface area contributed by atoms with Crippen molar-refractivity contribution in [3.63, 3.8) is 0 Å². The van der Waals surface area contributed by atoms with Crippen LogP contribution in [-0.2, 0) is 11.2 Å². The van der Waals surface area contributed by atoms with Crippen LogP contribution in [0.3, 0.4) is 0 Å². The molecule has 2 heteroatoms. The average molecular weight is 261 g/mol. The van der Waals surface area contributed by atoms with Crippen LogP contribution in [0, 0.1) is 0 Å². The van der Waals surface area contributed by atoms with Gasteiger partial charge in [-0.25, -0.2) is 0 Å². The van der Waals surface area contributed by atoms with E-state index in [1.807, 2.05) is 0 Å². The normalized spacial score (nSPS) is 20.4. The Morgan fingerprint density at radius 1 is 1.21 bits per heavy atom. The second-order valence-corrected chi connectivity index (χ2v) is 6.24. The maximum absolute atomic E-state index is 5.77. The van der Waals surface area contributed by atoms with E-state index < -0.39 is 0 Å². The fraction of sp³-hybridized carbons (Fsp3) is 0.647. The molecular weight excluding hydrogens is 234 g/mol. The van der Waals surface area contributed by atoms with Gasteiger partial charge in [-0.2, -0.15) is 0 Å². The molecule has 1 fully saturated rings. The molecule has 2 nitrogen and oxygen atoms in total. The van der Waals surface area contributed by atoms with Crippen LogP contribution in [0.15, 0.2) is 30.3 Å². The largest absolute Gasteiger partial charge is 0.377 e. The van der Waals surface area contributed by atoms with Gasteiger partial charge in [-0.3, -0.25) is 0 Å². The van der Waals surface area contributed by atoms with E-state index in [4.69, 9.17) is 4.74 Å². The Hall–Kier alpha value is -0.860. The molecule has 0 bridgehead atoms. The van der Waals surface area contributed by atoms with Gasteiger partial charge in [0.25, 0.3) is 0 Å². The molecule has 1 aliphatic rings. The summed E-state index contributed by atoms with van der Waals surface area (Å²) in [7, 11) is 0. The molecule has 1 aromatic carbocycles. The number of aryl methyl sites for hydroxylation is 1. The van der Waals surface area contributed by atoms with Gasteiger partial charge in [-0.15, -0.1) is 0 Å². The molecule has 0 spiro atoms. The third kappa shape index (κ3) is 5.33. The Morgan fingerprint density at radius 3 is 2.68 bits per heavy atom. The van der Waals surface area contributed by atoms with Crippen LogP contribution >= 0.6 is 0 Å². The van der Waals surface area contributed by atoms with Crippen molar-refractivity contribution in [2.75, 3.05) is 13.2 Å². The highest BCUT2D eigenvalue weighted by Crippen LogP contribution is 2.16. The van der Waals surface area contributed by atoms with Gasteiger partial charge in [0.1, 0.15) is 0 Å². The third-order valence-electron chi connectivity index (χ3n) is 3.96. The highest BCUT2D eigenvalue weighted by atomic mass is 16.5. The fourth-order valence-electron chi connectivity index (χ4n) is 2.55. The molecule has 1 atom stereocenters. The maximum atomic E-state index is 5.77. The van der Waals surface area contributed by atoms with E-state index in [0.29, 0.717) is 6.10 Å². The summed E-state index contributed by atoms with van der Waals surface area (Å²) >= 11 is 0. The van der Waals surface area contributed by atoms with Crippen LogP contribution in [-0.4, -0.2) is 24.8 Å². The lowest BCUT2D eigenvalue weighted by molar-refractivity contribution is 0.0128. The van der Waals surface area contributed by atoms with Crippen LogP contribution in [0.4, 0.5) is 0 Å². The molecule has 0 radical (unpaired) electrons. The van der Waals surface area contributed by atoms with Gasteiger partial charge >= 0.3 is 0 Å². The van der Waals surface area contributed by atoms with Gasteiger partial charge in [-0.05, 0) is 51.5 Å². The Kier molecular flexibility index (Phi) is 5.41. The van der Waals surface area contributed by atoms with Gasteiger partial charge in [0, 0.05) is 18.7 Å². The molecule has 0 aliphatic carbocycles. The SMILES string of the molecule is CC(C)(CCc1ccccc1)NCC1CCCCO1. The number of rotatable bonds is 6. The molecule has 0 saturated carbocycles. The molecule has 19 heavy (non-hydrogen) atoms. The molecule has 0 amide bonds. The van der Waals surface area contributed by atoms with E-state index in [2.05, 4.69) is 49.5 Å². The highest BCUT2D eigenvalue weighted by molar-refractivity contribution is 5.15. The Morgan fingerprint density at radius 2 is 2.00 bits per heavy atom. The van der Waals surface area contributed by atoms with E-state index in [-0.39, 0.29) is 5.54 Å². The van der Waals surface area contributed by atoms with Gasteiger partial charge in [-0.1, -0.05) is 30.3 Å². The summed E-state index contributed by atoms with van der Waals surface area (Å²) < 4.78 is 5.77. The van der Waals surface area contributed by atoms with E-state index in [1.54, 1.807) is 0 Å². The molecule has 0 aromatic heterocycles. The first kappa shape index (κ1) is 14.5. The first-order valence-electron chi connectivity index (χ1n) is 7.56. The standard InChI is InChI=1S/C17H27NO/c1-17(2,12-11-15-8-4-3-5-9-15)18-14-16-10-6-7-13-19-16/h3-5,8-9,16,18H,6-7,10-14H2,1-2H3. The summed E-state index contributed by atoms with van der Waals surface area (Å²) in [6.45, 7) is 6.51. The van der Waals surface area contributed by atoms with E-state index in [9.17, 15) is 0 Å². The zero-order valence-electron chi connectivity index (χ0n) is 12.3. The minimum atomic E-state index is 0.177. The third-order valence-corrected chi connectivity index (χ3v) is 3.96. The second-order valence-electron chi connectivity index (χ2n) is 6.24. The molecule has 1 saturated heterocycles. The molecular formula is C17H27NO. The van der Waals surface area contributed by atoms with E-state index >= 15 is 0 Å². The molecule has 1 N–H and O–H groups in total. The molecule has 1 aliphatic heterocycles. The number of hydrogen-bond donors (Lipinski definition) is 1. The second kappa shape index (κ2) is 7.06. The predicted molar refractivity (Wildman–Crippen MR) is 80.4 cm³/mol. The minimum absolute atomic E-state index is 0.177. The molecule has 1 aromatic rings. The summed E-state index contributed by atoms with van der Waals surface area (Å²) in [5.74, 6) is 0. The van der Waals surface area contributed by atoms with Crippen molar-refractivity contribution in [2.45, 2.75) is 57.6 Å². The van der Waals surface area contributed by atoms with Crippen LogP contribution in [0.25, 0.3) is 0 Å². The van der Waals surface area contributed by atoms with Crippen LogP contribution in [0.5, 0.6) is 0 Å². The quantitative estimate of drug-likeness (QED) is 0.845. The van der Waals surface area contributed by atoms with Crippen molar-refractivity contribution in [1.82, 2.24) is 5.32 Å².